The van der Waals surface area contributed by atoms with Gasteiger partial charge in [0, 0.05) is 16.1 Å². The summed E-state index contributed by atoms with van der Waals surface area (Å²) in [5.41, 5.74) is 0. The molecule has 0 radical (unpaired) electrons. The van der Waals surface area contributed by atoms with Crippen LogP contribution in [0.25, 0.3) is 0 Å². The lowest BCUT2D eigenvalue weighted by atomic mass is 9.97. The standard InChI is InChI=1S/C10H16Br2O2/c1-2-7(13)6-14-10-8(11)4-3-5-9(10)12/h8-10H,2-6H2,1H3. The molecule has 0 aliphatic heterocycles. The van der Waals surface area contributed by atoms with E-state index >= 15 is 0 Å². The van der Waals surface area contributed by atoms with Gasteiger partial charge in [-0.2, -0.15) is 0 Å². The van der Waals surface area contributed by atoms with Crippen molar-refractivity contribution >= 4 is 37.6 Å². The first kappa shape index (κ1) is 12.7. The van der Waals surface area contributed by atoms with Gasteiger partial charge >= 0.3 is 0 Å². The molecule has 0 heterocycles. The van der Waals surface area contributed by atoms with Crippen LogP contribution < -0.4 is 0 Å². The fraction of sp³-hybridized carbons (Fsp3) is 0.900. The summed E-state index contributed by atoms with van der Waals surface area (Å²) in [6, 6.07) is 0. The van der Waals surface area contributed by atoms with Crippen LogP contribution in [0.1, 0.15) is 32.6 Å². The molecule has 0 saturated heterocycles. The zero-order chi connectivity index (χ0) is 10.6. The Kier molecular flexibility index (Phi) is 5.64. The zero-order valence-electron chi connectivity index (χ0n) is 8.34. The van der Waals surface area contributed by atoms with Crippen molar-refractivity contribution in [3.8, 4) is 0 Å². The average molecular weight is 328 g/mol. The number of carbonyl (C=O) groups excluding carboxylic acids is 1. The summed E-state index contributed by atoms with van der Waals surface area (Å²) in [5.74, 6) is 0.176. The van der Waals surface area contributed by atoms with Crippen LogP contribution in [-0.2, 0) is 9.53 Å². The fourth-order valence-electron chi connectivity index (χ4n) is 1.56. The van der Waals surface area contributed by atoms with Gasteiger partial charge in [-0.05, 0) is 12.8 Å². The molecule has 82 valence electrons. The third-order valence-electron chi connectivity index (χ3n) is 2.50. The molecule has 1 fully saturated rings. The second-order valence-corrected chi connectivity index (χ2v) is 5.98. The molecule has 2 unspecified atom stereocenters. The van der Waals surface area contributed by atoms with Crippen LogP contribution in [0.5, 0.6) is 0 Å². The number of hydrogen-bond donors (Lipinski definition) is 0. The maximum absolute atomic E-state index is 11.1. The van der Waals surface area contributed by atoms with E-state index in [0.717, 1.165) is 12.8 Å². The van der Waals surface area contributed by atoms with Crippen molar-refractivity contribution in [2.75, 3.05) is 6.61 Å². The summed E-state index contributed by atoms with van der Waals surface area (Å²) in [7, 11) is 0. The molecule has 1 aliphatic carbocycles. The van der Waals surface area contributed by atoms with Crippen LogP contribution in [0.15, 0.2) is 0 Å². The fourth-order valence-corrected chi connectivity index (χ4v) is 3.66. The zero-order valence-corrected chi connectivity index (χ0v) is 11.5. The highest BCUT2D eigenvalue weighted by atomic mass is 79.9. The van der Waals surface area contributed by atoms with E-state index in [9.17, 15) is 4.79 Å². The van der Waals surface area contributed by atoms with Gasteiger partial charge in [-0.3, -0.25) is 4.79 Å². The van der Waals surface area contributed by atoms with E-state index < -0.39 is 0 Å². The molecule has 0 aromatic carbocycles. The van der Waals surface area contributed by atoms with E-state index in [0.29, 0.717) is 16.1 Å². The monoisotopic (exact) mass is 326 g/mol. The molecule has 2 atom stereocenters. The number of carbonyl (C=O) groups is 1. The minimum Gasteiger partial charge on any atom is -0.368 e. The Morgan fingerprint density at radius 3 is 2.43 bits per heavy atom. The van der Waals surface area contributed by atoms with Gasteiger partial charge in [0.25, 0.3) is 0 Å². The lowest BCUT2D eigenvalue weighted by Crippen LogP contribution is -2.38. The van der Waals surface area contributed by atoms with Crippen molar-refractivity contribution in [3.63, 3.8) is 0 Å². The number of ketones is 1. The van der Waals surface area contributed by atoms with Crippen molar-refractivity contribution < 1.29 is 9.53 Å². The van der Waals surface area contributed by atoms with E-state index in [1.165, 1.54) is 6.42 Å². The van der Waals surface area contributed by atoms with Gasteiger partial charge < -0.3 is 4.74 Å². The van der Waals surface area contributed by atoms with Crippen LogP contribution in [0.4, 0.5) is 0 Å². The van der Waals surface area contributed by atoms with E-state index in [4.69, 9.17) is 4.74 Å². The molecule has 0 amide bonds. The summed E-state index contributed by atoms with van der Waals surface area (Å²) in [5, 5.41) is 0. The Morgan fingerprint density at radius 2 is 1.93 bits per heavy atom. The molecule has 1 aliphatic rings. The van der Waals surface area contributed by atoms with E-state index in [1.807, 2.05) is 6.92 Å². The predicted molar refractivity (Wildman–Crippen MR) is 64.3 cm³/mol. The summed E-state index contributed by atoms with van der Waals surface area (Å²) < 4.78 is 5.62. The largest absolute Gasteiger partial charge is 0.368 e. The SMILES string of the molecule is CCC(=O)COC1C(Br)CCCC1Br. The topological polar surface area (TPSA) is 26.3 Å². The minimum absolute atomic E-state index is 0.138. The number of Topliss-reactive ketones (excluding diaryl/α,β-unsaturated/α-hetero) is 1. The van der Waals surface area contributed by atoms with Crippen LogP contribution in [-0.4, -0.2) is 28.1 Å². The van der Waals surface area contributed by atoms with Crippen LogP contribution in [0.3, 0.4) is 0 Å². The first-order chi connectivity index (χ1) is 6.65. The Labute approximate surface area is 102 Å². The van der Waals surface area contributed by atoms with E-state index in [-0.39, 0.29) is 18.5 Å². The first-order valence-corrected chi connectivity index (χ1v) is 6.89. The number of alkyl halides is 2. The Bertz CT molecular complexity index is 187. The minimum atomic E-state index is 0.138. The third-order valence-corrected chi connectivity index (χ3v) is 4.46. The van der Waals surface area contributed by atoms with Crippen LogP contribution >= 0.6 is 31.9 Å². The summed E-state index contributed by atoms with van der Waals surface area (Å²) >= 11 is 7.20. The number of halogens is 2. The van der Waals surface area contributed by atoms with Gasteiger partial charge in [0.1, 0.15) is 6.61 Å². The molecule has 0 aromatic heterocycles. The van der Waals surface area contributed by atoms with Gasteiger partial charge in [-0.1, -0.05) is 45.2 Å². The molecule has 0 bridgehead atoms. The molecule has 0 aromatic rings. The molecule has 0 N–H and O–H groups in total. The molecular formula is C10H16Br2O2. The quantitative estimate of drug-likeness (QED) is 0.742. The summed E-state index contributed by atoms with van der Waals surface area (Å²) in [6.07, 6.45) is 4.18. The molecule has 14 heavy (non-hydrogen) atoms. The number of ether oxygens (including phenoxy) is 1. The van der Waals surface area contributed by atoms with Crippen molar-refractivity contribution in [2.45, 2.75) is 48.4 Å². The van der Waals surface area contributed by atoms with Crippen molar-refractivity contribution in [1.82, 2.24) is 0 Å². The molecule has 0 spiro atoms. The second-order valence-electron chi connectivity index (χ2n) is 3.63. The molecule has 2 nitrogen and oxygen atoms in total. The lowest BCUT2D eigenvalue weighted by Gasteiger charge is -2.31. The normalized spacial score (nSPS) is 32.9. The second kappa shape index (κ2) is 6.23. The molecule has 4 heteroatoms. The van der Waals surface area contributed by atoms with Crippen molar-refractivity contribution in [2.24, 2.45) is 0 Å². The summed E-state index contributed by atoms with van der Waals surface area (Å²) in [4.78, 5) is 11.9. The highest BCUT2D eigenvalue weighted by Gasteiger charge is 2.31. The predicted octanol–water partition coefficient (Wildman–Crippen LogP) is 3.06. The average Bonchev–Trinajstić information content (AvgIpc) is 2.16. The maximum Gasteiger partial charge on any atom is 0.158 e. The number of hydrogen-bond acceptors (Lipinski definition) is 2. The van der Waals surface area contributed by atoms with Crippen molar-refractivity contribution in [3.05, 3.63) is 0 Å². The first-order valence-electron chi connectivity index (χ1n) is 5.06. The van der Waals surface area contributed by atoms with Gasteiger partial charge in [-0.25, -0.2) is 0 Å². The van der Waals surface area contributed by atoms with Crippen LogP contribution in [0, 0.1) is 0 Å². The van der Waals surface area contributed by atoms with Gasteiger partial charge in [0.2, 0.25) is 0 Å². The highest BCUT2D eigenvalue weighted by Crippen LogP contribution is 2.31. The molecule has 1 saturated carbocycles. The molecular weight excluding hydrogens is 312 g/mol. The van der Waals surface area contributed by atoms with Gasteiger partial charge in [0.15, 0.2) is 5.78 Å². The lowest BCUT2D eigenvalue weighted by molar-refractivity contribution is -0.125. The van der Waals surface area contributed by atoms with Gasteiger partial charge in [0.05, 0.1) is 6.10 Å². The Hall–Kier alpha value is 0.590. The third kappa shape index (κ3) is 3.63. The smallest absolute Gasteiger partial charge is 0.158 e. The van der Waals surface area contributed by atoms with Crippen LogP contribution in [0.2, 0.25) is 0 Å². The molecule has 1 rings (SSSR count). The maximum atomic E-state index is 11.1. The van der Waals surface area contributed by atoms with E-state index in [1.54, 1.807) is 0 Å². The summed E-state index contributed by atoms with van der Waals surface area (Å²) in [6.45, 7) is 2.12. The van der Waals surface area contributed by atoms with E-state index in [2.05, 4.69) is 31.9 Å². The van der Waals surface area contributed by atoms with Gasteiger partial charge in [-0.15, -0.1) is 0 Å². The number of rotatable bonds is 4. The Balaban J connectivity index is 2.36. The van der Waals surface area contributed by atoms with Crippen molar-refractivity contribution in [1.29, 1.82) is 0 Å². The Morgan fingerprint density at radius 1 is 1.36 bits per heavy atom. The highest BCUT2D eigenvalue weighted by molar-refractivity contribution is 9.10.